The predicted molar refractivity (Wildman–Crippen MR) is 164 cm³/mol. The van der Waals surface area contributed by atoms with E-state index in [1.807, 2.05) is 87.0 Å². The van der Waals surface area contributed by atoms with Crippen molar-refractivity contribution < 1.29 is 30.2 Å². The number of halogens is 1. The average molecular weight is 746 g/mol. The Balaban J connectivity index is 0.00000329. The molecule has 3 aromatic heterocycles. The summed E-state index contributed by atoms with van der Waals surface area (Å²) in [6.07, 6.45) is 5.62. The minimum absolute atomic E-state index is 0. The molecule has 7 heteroatoms. The molecule has 0 unspecified atom stereocenters. The summed E-state index contributed by atoms with van der Waals surface area (Å²) in [6, 6.07) is 32.7. The normalized spacial score (nSPS) is 11.2. The quantitative estimate of drug-likeness (QED) is 0.160. The Morgan fingerprint density at radius 3 is 2.42 bits per heavy atom. The molecule has 4 aromatic carbocycles. The van der Waals surface area contributed by atoms with Crippen LogP contribution in [0.1, 0.15) is 22.3 Å². The van der Waals surface area contributed by atoms with Crippen LogP contribution in [0.25, 0.3) is 44.4 Å². The fourth-order valence-corrected chi connectivity index (χ4v) is 5.73. The number of aryl methyl sites for hydroxylation is 3. The predicted octanol–water partition coefficient (Wildman–Crippen LogP) is 8.82. The van der Waals surface area contributed by atoms with E-state index in [2.05, 4.69) is 58.0 Å². The summed E-state index contributed by atoms with van der Waals surface area (Å²) in [5.41, 5.74) is 8.58. The Kier molecular flexibility index (Phi) is 7.72. The number of hydrogen-bond acceptors (Lipinski definition) is 3. The number of para-hydroxylation sites is 1. The third-order valence-electron chi connectivity index (χ3n) is 7.52. The Hall–Kier alpha value is -4.54. The monoisotopic (exact) mass is 745 g/mol. The van der Waals surface area contributed by atoms with Crippen LogP contribution in [0, 0.1) is 32.9 Å². The molecule has 0 aliphatic carbocycles. The van der Waals surface area contributed by atoms with Crippen molar-refractivity contribution in [2.24, 2.45) is 0 Å². The van der Waals surface area contributed by atoms with E-state index in [1.165, 1.54) is 0 Å². The molecule has 214 valence electrons. The SMILES string of the molecule is Cc1ccnc(-n2c3[c-]c(Oc4[c-]c(-n5cc(-c6c(C)cc(CF)cc6C)cn5)ccc4)ccc3c3ccccc32)c1.[Pt+2]. The zero-order valence-electron chi connectivity index (χ0n) is 23.8. The summed E-state index contributed by atoms with van der Waals surface area (Å²) >= 11 is 0. The van der Waals surface area contributed by atoms with E-state index in [-0.39, 0.29) is 21.1 Å². The maximum atomic E-state index is 13.2. The van der Waals surface area contributed by atoms with Crippen LogP contribution >= 0.6 is 0 Å². The Morgan fingerprint density at radius 1 is 0.837 bits per heavy atom. The van der Waals surface area contributed by atoms with Gasteiger partial charge in [-0.2, -0.15) is 17.2 Å². The second kappa shape index (κ2) is 11.6. The molecule has 7 aromatic rings. The smallest absolute Gasteiger partial charge is 0.509 e. The average Bonchev–Trinajstić information content (AvgIpc) is 3.60. The van der Waals surface area contributed by atoms with Gasteiger partial charge in [0, 0.05) is 35.0 Å². The van der Waals surface area contributed by atoms with Crippen LogP contribution in [0.2, 0.25) is 0 Å². The summed E-state index contributed by atoms with van der Waals surface area (Å²) in [5.74, 6) is 1.96. The number of benzene rings is 4. The fourth-order valence-electron chi connectivity index (χ4n) is 5.73. The molecule has 7 rings (SSSR count). The van der Waals surface area contributed by atoms with Crippen molar-refractivity contribution >= 4 is 21.8 Å². The van der Waals surface area contributed by atoms with Crippen molar-refractivity contribution in [1.29, 1.82) is 0 Å². The van der Waals surface area contributed by atoms with Gasteiger partial charge in [-0.1, -0.05) is 35.8 Å². The number of alkyl halides is 1. The van der Waals surface area contributed by atoms with Crippen LogP contribution < -0.4 is 4.74 Å². The zero-order chi connectivity index (χ0) is 28.8. The fraction of sp³-hybridized carbons (Fsp3) is 0.111. The van der Waals surface area contributed by atoms with Crippen molar-refractivity contribution in [3.05, 3.63) is 132 Å². The minimum atomic E-state index is -0.474. The number of aromatic nitrogens is 4. The summed E-state index contributed by atoms with van der Waals surface area (Å²) in [6.45, 7) is 5.59. The molecule has 0 fully saturated rings. The topological polar surface area (TPSA) is 44.9 Å². The first kappa shape index (κ1) is 28.6. The van der Waals surface area contributed by atoms with Gasteiger partial charge in [0.2, 0.25) is 0 Å². The maximum absolute atomic E-state index is 13.2. The molecule has 0 spiro atoms. The molecule has 0 aliphatic rings. The largest absolute Gasteiger partial charge is 2.00 e. The van der Waals surface area contributed by atoms with Gasteiger partial charge < -0.3 is 9.30 Å². The molecule has 0 saturated heterocycles. The molecule has 0 atom stereocenters. The van der Waals surface area contributed by atoms with Crippen molar-refractivity contribution in [2.75, 3.05) is 0 Å². The van der Waals surface area contributed by atoms with Gasteiger partial charge in [-0.3, -0.25) is 4.68 Å². The number of ether oxygens (including phenoxy) is 1. The Labute approximate surface area is 263 Å². The van der Waals surface area contributed by atoms with Crippen molar-refractivity contribution in [3.8, 4) is 34.1 Å². The first-order valence-corrected chi connectivity index (χ1v) is 13.8. The van der Waals surface area contributed by atoms with E-state index >= 15 is 0 Å². The van der Waals surface area contributed by atoms with Crippen molar-refractivity contribution in [2.45, 2.75) is 27.4 Å². The van der Waals surface area contributed by atoms with E-state index in [4.69, 9.17) is 4.74 Å². The number of nitrogens with zero attached hydrogens (tertiary/aromatic N) is 4. The molecule has 0 amide bonds. The number of pyridine rings is 1. The van der Waals surface area contributed by atoms with Crippen LogP contribution in [0.5, 0.6) is 11.5 Å². The molecule has 3 heterocycles. The van der Waals surface area contributed by atoms with Crippen LogP contribution in [0.3, 0.4) is 0 Å². The molecule has 0 aliphatic heterocycles. The Bertz CT molecular complexity index is 2090. The van der Waals surface area contributed by atoms with Gasteiger partial charge in [0.05, 0.1) is 6.20 Å². The first-order valence-electron chi connectivity index (χ1n) is 13.8. The zero-order valence-corrected chi connectivity index (χ0v) is 26.1. The number of rotatable bonds is 6. The van der Waals surface area contributed by atoms with Gasteiger partial charge in [-0.15, -0.1) is 35.7 Å². The summed E-state index contributed by atoms with van der Waals surface area (Å²) in [7, 11) is 0. The maximum Gasteiger partial charge on any atom is 2.00 e. The molecule has 0 radical (unpaired) electrons. The van der Waals surface area contributed by atoms with E-state index in [0.717, 1.165) is 61.1 Å². The molecular weight excluding hydrogens is 718 g/mol. The van der Waals surface area contributed by atoms with Crippen LogP contribution in [0.4, 0.5) is 4.39 Å². The van der Waals surface area contributed by atoms with E-state index in [1.54, 1.807) is 4.68 Å². The molecule has 0 bridgehead atoms. The molecule has 0 saturated carbocycles. The van der Waals surface area contributed by atoms with Crippen molar-refractivity contribution in [1.82, 2.24) is 19.3 Å². The third-order valence-corrected chi connectivity index (χ3v) is 7.52. The van der Waals surface area contributed by atoms with Gasteiger partial charge in [-0.05, 0) is 77.9 Å². The van der Waals surface area contributed by atoms with Crippen molar-refractivity contribution in [3.63, 3.8) is 0 Å². The van der Waals surface area contributed by atoms with Crippen LogP contribution in [-0.4, -0.2) is 19.3 Å². The van der Waals surface area contributed by atoms with E-state index < -0.39 is 6.67 Å². The summed E-state index contributed by atoms with van der Waals surface area (Å²) in [5, 5.41) is 6.80. The van der Waals surface area contributed by atoms with Gasteiger partial charge >= 0.3 is 21.1 Å². The molecule has 5 nitrogen and oxygen atoms in total. The van der Waals surface area contributed by atoms with Crippen LogP contribution in [-0.2, 0) is 27.7 Å². The van der Waals surface area contributed by atoms with E-state index in [0.29, 0.717) is 17.1 Å². The Morgan fingerprint density at radius 2 is 1.63 bits per heavy atom. The van der Waals surface area contributed by atoms with Gasteiger partial charge in [0.1, 0.15) is 12.5 Å². The third kappa shape index (κ3) is 5.28. The number of fused-ring (bicyclic) bond motifs is 3. The first-order chi connectivity index (χ1) is 20.5. The molecule has 0 N–H and O–H groups in total. The van der Waals surface area contributed by atoms with E-state index in [9.17, 15) is 4.39 Å². The summed E-state index contributed by atoms with van der Waals surface area (Å²) in [4.78, 5) is 4.65. The second-order valence-electron chi connectivity index (χ2n) is 10.5. The number of hydrogen-bond donors (Lipinski definition) is 0. The van der Waals surface area contributed by atoms with Gasteiger partial charge in [0.15, 0.2) is 0 Å². The second-order valence-corrected chi connectivity index (χ2v) is 10.5. The van der Waals surface area contributed by atoms with Gasteiger partial charge in [0.25, 0.3) is 0 Å². The molecule has 43 heavy (non-hydrogen) atoms. The van der Waals surface area contributed by atoms with Crippen LogP contribution in [0.15, 0.2) is 97.5 Å². The standard InChI is InChI=1S/C36H27FN4O.Pt/c1-23-13-14-38-35(15-23)41-33-10-5-4-9-31(33)32-12-11-30(19-34(32)41)42-29-8-6-7-28(18-29)40-22-27(21-39-40)36-24(2)16-26(20-37)17-25(36)3;/h4-17,21-22H,20H2,1-3H3;/q-2;+2. The molecular formula is C36H27FN4OPt. The van der Waals surface area contributed by atoms with Gasteiger partial charge in [-0.25, -0.2) is 9.37 Å². The minimum Gasteiger partial charge on any atom is -0.509 e. The summed E-state index contributed by atoms with van der Waals surface area (Å²) < 4.78 is 23.4.